The van der Waals surface area contributed by atoms with Crippen LogP contribution in [0.4, 0.5) is 11.6 Å². The number of aromatic nitrogens is 2. The summed E-state index contributed by atoms with van der Waals surface area (Å²) in [7, 11) is 0. The fraction of sp³-hybridized carbons (Fsp3) is 0.333. The summed E-state index contributed by atoms with van der Waals surface area (Å²) < 4.78 is 7.44. The molecule has 3 aromatic rings. The Labute approximate surface area is 174 Å². The number of para-hydroxylation sites is 2. The number of hydrogen-bond donors (Lipinski definition) is 1. The molecule has 0 aliphatic carbocycles. The lowest BCUT2D eigenvalue weighted by Gasteiger charge is -2.19. The van der Waals surface area contributed by atoms with Crippen molar-refractivity contribution in [3.8, 4) is 5.75 Å². The largest absolute Gasteiger partial charge is 0.484 e. The molecule has 0 saturated carbocycles. The normalized spacial score (nSPS) is 11.0. The molecule has 1 amide bonds. The lowest BCUT2D eigenvalue weighted by Crippen LogP contribution is -2.28. The van der Waals surface area contributed by atoms with Crippen LogP contribution in [0, 0.1) is 10.1 Å². The lowest BCUT2D eigenvalue weighted by atomic mass is 10.3. The van der Waals surface area contributed by atoms with Crippen LogP contribution in [0.2, 0.25) is 0 Å². The molecule has 2 aromatic carbocycles. The van der Waals surface area contributed by atoms with Gasteiger partial charge in [0.1, 0.15) is 5.75 Å². The van der Waals surface area contributed by atoms with Crippen molar-refractivity contribution in [2.75, 3.05) is 31.6 Å². The van der Waals surface area contributed by atoms with E-state index >= 15 is 0 Å². The van der Waals surface area contributed by atoms with Gasteiger partial charge < -0.3 is 14.2 Å². The number of fused-ring (bicyclic) bond motifs is 1. The van der Waals surface area contributed by atoms with Crippen molar-refractivity contribution in [1.82, 2.24) is 14.5 Å². The number of rotatable bonds is 10. The maximum Gasteiger partial charge on any atom is 0.269 e. The van der Waals surface area contributed by atoms with E-state index in [2.05, 4.69) is 29.0 Å². The van der Waals surface area contributed by atoms with Crippen molar-refractivity contribution >= 4 is 28.6 Å². The highest BCUT2D eigenvalue weighted by atomic mass is 16.6. The number of nitro benzene ring substituents is 1. The number of carbonyl (C=O) groups is 1. The summed E-state index contributed by atoms with van der Waals surface area (Å²) in [6.07, 6.45) is 0. The molecule has 9 nitrogen and oxygen atoms in total. The first-order valence-corrected chi connectivity index (χ1v) is 9.86. The molecule has 1 heterocycles. The van der Waals surface area contributed by atoms with Gasteiger partial charge in [-0.25, -0.2) is 4.98 Å². The Morgan fingerprint density at radius 3 is 2.53 bits per heavy atom. The molecule has 0 aliphatic rings. The van der Waals surface area contributed by atoms with Gasteiger partial charge in [-0.2, -0.15) is 0 Å². The molecule has 0 atom stereocenters. The van der Waals surface area contributed by atoms with E-state index in [-0.39, 0.29) is 18.2 Å². The number of nitro groups is 1. The van der Waals surface area contributed by atoms with Crippen molar-refractivity contribution in [2.24, 2.45) is 0 Å². The first-order valence-electron chi connectivity index (χ1n) is 9.86. The average molecular weight is 411 g/mol. The molecule has 1 aromatic heterocycles. The van der Waals surface area contributed by atoms with Crippen LogP contribution in [-0.2, 0) is 11.3 Å². The number of likely N-dealkylation sites (N-methyl/N-ethyl adjacent to an activating group) is 1. The molecule has 0 spiro atoms. The smallest absolute Gasteiger partial charge is 0.269 e. The van der Waals surface area contributed by atoms with E-state index in [1.54, 1.807) is 0 Å². The number of ether oxygens (including phenoxy) is 1. The lowest BCUT2D eigenvalue weighted by molar-refractivity contribution is -0.384. The zero-order valence-corrected chi connectivity index (χ0v) is 17.1. The van der Waals surface area contributed by atoms with Gasteiger partial charge in [0.05, 0.1) is 16.0 Å². The van der Waals surface area contributed by atoms with Gasteiger partial charge in [-0.3, -0.25) is 20.2 Å². The van der Waals surface area contributed by atoms with E-state index in [0.29, 0.717) is 18.2 Å². The van der Waals surface area contributed by atoms with Gasteiger partial charge in [-0.15, -0.1) is 0 Å². The van der Waals surface area contributed by atoms with Gasteiger partial charge >= 0.3 is 0 Å². The predicted molar refractivity (Wildman–Crippen MR) is 115 cm³/mol. The number of nitrogens with zero attached hydrogens (tertiary/aromatic N) is 4. The third-order valence-corrected chi connectivity index (χ3v) is 4.86. The van der Waals surface area contributed by atoms with E-state index in [0.717, 1.165) is 30.7 Å². The quantitative estimate of drug-likeness (QED) is 0.406. The number of amides is 1. The van der Waals surface area contributed by atoms with Crippen LogP contribution < -0.4 is 10.1 Å². The molecule has 0 fully saturated rings. The molecule has 0 bridgehead atoms. The standard InChI is InChI=1S/C21H25N5O4/c1-3-24(4-2)13-14-25-19-8-6-5-7-18(19)22-21(25)23-20(27)15-30-17-11-9-16(10-12-17)26(28)29/h5-12H,3-4,13-15H2,1-2H3,(H,22,23,27). The molecule has 158 valence electrons. The van der Waals surface area contributed by atoms with E-state index < -0.39 is 4.92 Å². The molecule has 9 heteroatoms. The number of benzene rings is 2. The van der Waals surface area contributed by atoms with E-state index in [1.165, 1.54) is 24.3 Å². The molecular weight excluding hydrogens is 386 g/mol. The summed E-state index contributed by atoms with van der Waals surface area (Å²) in [4.78, 5) is 29.5. The van der Waals surface area contributed by atoms with Gasteiger partial charge in [0, 0.05) is 25.2 Å². The summed E-state index contributed by atoms with van der Waals surface area (Å²) in [5, 5.41) is 13.5. The number of non-ortho nitro benzene ring substituents is 1. The van der Waals surface area contributed by atoms with Crippen molar-refractivity contribution in [1.29, 1.82) is 0 Å². The molecule has 0 unspecified atom stereocenters. The predicted octanol–water partition coefficient (Wildman–Crippen LogP) is 3.30. The highest BCUT2D eigenvalue weighted by Crippen LogP contribution is 2.20. The van der Waals surface area contributed by atoms with Crippen LogP contribution >= 0.6 is 0 Å². The highest BCUT2D eigenvalue weighted by Gasteiger charge is 2.14. The van der Waals surface area contributed by atoms with Crippen molar-refractivity contribution < 1.29 is 14.5 Å². The van der Waals surface area contributed by atoms with Crippen LogP contribution in [0.3, 0.4) is 0 Å². The second-order valence-corrected chi connectivity index (χ2v) is 6.69. The second kappa shape index (κ2) is 9.84. The van der Waals surface area contributed by atoms with E-state index in [4.69, 9.17) is 4.74 Å². The van der Waals surface area contributed by atoms with Crippen LogP contribution in [-0.4, -0.2) is 51.5 Å². The number of nitrogens with one attached hydrogen (secondary N) is 1. The Bertz CT molecular complexity index is 1010. The third-order valence-electron chi connectivity index (χ3n) is 4.86. The minimum absolute atomic E-state index is 0.0336. The molecule has 30 heavy (non-hydrogen) atoms. The summed E-state index contributed by atoms with van der Waals surface area (Å²) >= 11 is 0. The van der Waals surface area contributed by atoms with Crippen LogP contribution in [0.1, 0.15) is 13.8 Å². The molecule has 0 radical (unpaired) electrons. The Hall–Kier alpha value is -3.46. The molecule has 0 saturated heterocycles. The maximum absolute atomic E-state index is 12.4. The monoisotopic (exact) mass is 411 g/mol. The maximum atomic E-state index is 12.4. The van der Waals surface area contributed by atoms with Crippen LogP contribution in [0.5, 0.6) is 5.75 Å². The minimum Gasteiger partial charge on any atom is -0.484 e. The SMILES string of the molecule is CCN(CC)CCn1c(NC(=O)COc2ccc([N+](=O)[O-])cc2)nc2ccccc21. The third kappa shape index (κ3) is 5.12. The zero-order chi connectivity index (χ0) is 21.5. The summed E-state index contributed by atoms with van der Waals surface area (Å²) in [6, 6.07) is 13.3. The van der Waals surface area contributed by atoms with E-state index in [1.807, 2.05) is 28.8 Å². The fourth-order valence-electron chi connectivity index (χ4n) is 3.15. The fourth-order valence-corrected chi connectivity index (χ4v) is 3.15. The van der Waals surface area contributed by atoms with Crippen LogP contribution in [0.15, 0.2) is 48.5 Å². The first-order chi connectivity index (χ1) is 14.5. The van der Waals surface area contributed by atoms with Crippen molar-refractivity contribution in [3.05, 3.63) is 58.6 Å². The Morgan fingerprint density at radius 1 is 1.17 bits per heavy atom. The molecular formula is C21H25N5O4. The van der Waals surface area contributed by atoms with Gasteiger partial charge in [-0.1, -0.05) is 26.0 Å². The van der Waals surface area contributed by atoms with Crippen LogP contribution in [0.25, 0.3) is 11.0 Å². The Morgan fingerprint density at radius 2 is 1.87 bits per heavy atom. The van der Waals surface area contributed by atoms with Gasteiger partial charge in [-0.05, 0) is 37.4 Å². The number of imidazole rings is 1. The van der Waals surface area contributed by atoms with Crippen molar-refractivity contribution in [3.63, 3.8) is 0 Å². The molecule has 0 aliphatic heterocycles. The zero-order valence-electron chi connectivity index (χ0n) is 17.1. The van der Waals surface area contributed by atoms with Gasteiger partial charge in [0.15, 0.2) is 6.61 Å². The van der Waals surface area contributed by atoms with Crippen molar-refractivity contribution in [2.45, 2.75) is 20.4 Å². The topological polar surface area (TPSA) is 103 Å². The summed E-state index contributed by atoms with van der Waals surface area (Å²) in [6.45, 7) is 7.46. The van der Waals surface area contributed by atoms with Gasteiger partial charge in [0.2, 0.25) is 5.95 Å². The number of hydrogen-bond acceptors (Lipinski definition) is 6. The highest BCUT2D eigenvalue weighted by molar-refractivity contribution is 5.92. The minimum atomic E-state index is -0.487. The Balaban J connectivity index is 1.68. The van der Waals surface area contributed by atoms with E-state index in [9.17, 15) is 14.9 Å². The Kier molecular flexibility index (Phi) is 6.97. The second-order valence-electron chi connectivity index (χ2n) is 6.69. The number of carbonyl (C=O) groups excluding carboxylic acids is 1. The summed E-state index contributed by atoms with van der Waals surface area (Å²) in [5.41, 5.74) is 1.73. The first kappa shape index (κ1) is 21.3. The summed E-state index contributed by atoms with van der Waals surface area (Å²) in [5.74, 6) is 0.499. The number of anilines is 1. The van der Waals surface area contributed by atoms with Gasteiger partial charge in [0.25, 0.3) is 11.6 Å². The average Bonchev–Trinajstić information content (AvgIpc) is 3.10. The molecule has 3 rings (SSSR count). The molecule has 1 N–H and O–H groups in total.